The minimum absolute atomic E-state index is 0.183. The Morgan fingerprint density at radius 3 is 2.53 bits per heavy atom. The largest absolute Gasteiger partial charge is 0.396 e. The molecule has 0 heterocycles. The molecule has 1 rings (SSSR count). The average Bonchev–Trinajstić information content (AvgIpc) is 2.18. The zero-order valence-corrected chi connectivity index (χ0v) is 9.63. The summed E-state index contributed by atoms with van der Waals surface area (Å²) in [6.07, 6.45) is 1.59. The van der Waals surface area contributed by atoms with Crippen molar-refractivity contribution < 1.29 is 4.39 Å². The number of rotatable bonds is 2. The molecule has 3 heteroatoms. The summed E-state index contributed by atoms with van der Waals surface area (Å²) in [5.74, 6) is -0.0415. The van der Waals surface area contributed by atoms with E-state index in [9.17, 15) is 4.39 Å². The first-order chi connectivity index (χ1) is 6.99. The molecule has 1 aromatic rings. The zero-order valence-electron chi connectivity index (χ0n) is 9.63. The first kappa shape index (κ1) is 11.7. The van der Waals surface area contributed by atoms with Crippen LogP contribution in [0, 0.1) is 12.7 Å². The number of nitrogens with two attached hydrogens (primary N) is 1. The van der Waals surface area contributed by atoms with E-state index in [2.05, 4.69) is 4.99 Å². The molecule has 0 aliphatic carbocycles. The molecule has 0 aromatic heterocycles. The van der Waals surface area contributed by atoms with Gasteiger partial charge >= 0.3 is 0 Å². The van der Waals surface area contributed by atoms with Crippen molar-refractivity contribution in [1.82, 2.24) is 0 Å². The monoisotopic (exact) mass is 208 g/mol. The van der Waals surface area contributed by atoms with E-state index in [1.54, 1.807) is 20.2 Å². The molecule has 1 aromatic carbocycles. The van der Waals surface area contributed by atoms with E-state index in [0.717, 1.165) is 5.56 Å². The van der Waals surface area contributed by atoms with Gasteiger partial charge in [0.25, 0.3) is 0 Å². The number of nitrogen functional groups attached to an aromatic ring is 1. The highest BCUT2D eigenvalue weighted by Crippen LogP contribution is 2.27. The van der Waals surface area contributed by atoms with Gasteiger partial charge in [-0.25, -0.2) is 4.39 Å². The van der Waals surface area contributed by atoms with E-state index < -0.39 is 0 Å². The number of nitrogens with zero attached hydrogens (tertiary/aromatic N) is 1. The van der Waals surface area contributed by atoms with Crippen LogP contribution in [0.25, 0.3) is 0 Å². The van der Waals surface area contributed by atoms with Crippen LogP contribution in [0.4, 0.5) is 10.1 Å². The predicted molar refractivity (Wildman–Crippen MR) is 63.2 cm³/mol. The van der Waals surface area contributed by atoms with Gasteiger partial charge in [-0.15, -0.1) is 0 Å². The van der Waals surface area contributed by atoms with Crippen molar-refractivity contribution in [2.24, 2.45) is 4.99 Å². The van der Waals surface area contributed by atoms with E-state index in [0.29, 0.717) is 11.1 Å². The third kappa shape index (κ3) is 2.17. The molecule has 2 N–H and O–H groups in total. The first-order valence-corrected chi connectivity index (χ1v) is 4.99. The summed E-state index contributed by atoms with van der Waals surface area (Å²) in [4.78, 5) is 3.87. The predicted octanol–water partition coefficient (Wildman–Crippen LogP) is 2.89. The van der Waals surface area contributed by atoms with Gasteiger partial charge in [0.1, 0.15) is 5.82 Å². The zero-order chi connectivity index (χ0) is 11.6. The quantitative estimate of drug-likeness (QED) is 0.589. The average molecular weight is 208 g/mol. The molecule has 0 saturated carbocycles. The Hall–Kier alpha value is -1.38. The van der Waals surface area contributed by atoms with Crippen molar-refractivity contribution in [2.45, 2.75) is 26.7 Å². The van der Waals surface area contributed by atoms with Crippen LogP contribution in [0.15, 0.2) is 11.1 Å². The van der Waals surface area contributed by atoms with Crippen LogP contribution in [-0.2, 0) is 0 Å². The standard InChI is InChI=1S/C12H17FN2/c1-7(2)10-5-9(6-15-4)12(14)11(13)8(10)3/h5-7H,14H2,1-4H3. The van der Waals surface area contributed by atoms with Crippen molar-refractivity contribution in [3.05, 3.63) is 28.6 Å². The first-order valence-electron chi connectivity index (χ1n) is 4.99. The molecule has 0 bridgehead atoms. The Bertz CT molecular complexity index is 395. The summed E-state index contributed by atoms with van der Waals surface area (Å²) in [6, 6.07) is 1.91. The Kier molecular flexibility index (Phi) is 3.45. The highest BCUT2D eigenvalue weighted by molar-refractivity contribution is 5.87. The number of benzene rings is 1. The van der Waals surface area contributed by atoms with Gasteiger partial charge < -0.3 is 5.73 Å². The number of hydrogen-bond acceptors (Lipinski definition) is 2. The van der Waals surface area contributed by atoms with Gasteiger partial charge in [0.05, 0.1) is 5.69 Å². The SMILES string of the molecule is CN=Cc1cc(C(C)C)c(C)c(F)c1N. The van der Waals surface area contributed by atoms with Crippen LogP contribution in [0.2, 0.25) is 0 Å². The molecule has 0 amide bonds. The normalized spacial score (nSPS) is 11.6. The lowest BCUT2D eigenvalue weighted by molar-refractivity contribution is 0.617. The molecule has 0 radical (unpaired) electrons. The molecule has 0 aliphatic heterocycles. The molecule has 0 unspecified atom stereocenters. The van der Waals surface area contributed by atoms with Crippen LogP contribution >= 0.6 is 0 Å². The lowest BCUT2D eigenvalue weighted by atomic mass is 9.94. The second-order valence-corrected chi connectivity index (χ2v) is 3.95. The number of anilines is 1. The van der Waals surface area contributed by atoms with E-state index in [1.165, 1.54) is 0 Å². The Labute approximate surface area is 90.0 Å². The Morgan fingerprint density at radius 2 is 2.07 bits per heavy atom. The second kappa shape index (κ2) is 4.43. The van der Waals surface area contributed by atoms with Crippen molar-refractivity contribution in [2.75, 3.05) is 12.8 Å². The Morgan fingerprint density at radius 1 is 1.47 bits per heavy atom. The number of aliphatic imine (C=N–C) groups is 1. The van der Waals surface area contributed by atoms with E-state index >= 15 is 0 Å². The van der Waals surface area contributed by atoms with Gasteiger partial charge in [0, 0.05) is 18.8 Å². The molecule has 82 valence electrons. The maximum absolute atomic E-state index is 13.7. The Balaban J connectivity index is 3.45. The summed E-state index contributed by atoms with van der Waals surface area (Å²) in [7, 11) is 1.65. The summed E-state index contributed by atoms with van der Waals surface area (Å²) in [5.41, 5.74) is 8.13. The minimum Gasteiger partial charge on any atom is -0.396 e. The van der Waals surface area contributed by atoms with E-state index in [1.807, 2.05) is 19.9 Å². The van der Waals surface area contributed by atoms with Gasteiger partial charge in [-0.3, -0.25) is 4.99 Å². The smallest absolute Gasteiger partial charge is 0.149 e. The fraction of sp³-hybridized carbons (Fsp3) is 0.417. The fourth-order valence-corrected chi connectivity index (χ4v) is 1.65. The topological polar surface area (TPSA) is 38.4 Å². The van der Waals surface area contributed by atoms with Crippen molar-refractivity contribution >= 4 is 11.9 Å². The molecule has 0 saturated heterocycles. The molecule has 0 atom stereocenters. The van der Waals surface area contributed by atoms with Crippen molar-refractivity contribution in [3.63, 3.8) is 0 Å². The fourth-order valence-electron chi connectivity index (χ4n) is 1.65. The van der Waals surface area contributed by atoms with Crippen LogP contribution in [0.5, 0.6) is 0 Å². The molecular formula is C12H17FN2. The summed E-state index contributed by atoms with van der Waals surface area (Å²) < 4.78 is 13.7. The molecule has 2 nitrogen and oxygen atoms in total. The summed E-state index contributed by atoms with van der Waals surface area (Å²) in [6.45, 7) is 5.82. The number of hydrogen-bond donors (Lipinski definition) is 1. The highest BCUT2D eigenvalue weighted by Gasteiger charge is 2.13. The van der Waals surface area contributed by atoms with Crippen LogP contribution in [-0.4, -0.2) is 13.3 Å². The van der Waals surface area contributed by atoms with Gasteiger partial charge in [-0.05, 0) is 30.0 Å². The van der Waals surface area contributed by atoms with Crippen molar-refractivity contribution in [1.29, 1.82) is 0 Å². The highest BCUT2D eigenvalue weighted by atomic mass is 19.1. The summed E-state index contributed by atoms with van der Waals surface area (Å²) >= 11 is 0. The van der Waals surface area contributed by atoms with E-state index in [-0.39, 0.29) is 17.4 Å². The molecule has 0 spiro atoms. The third-order valence-electron chi connectivity index (χ3n) is 2.51. The van der Waals surface area contributed by atoms with Gasteiger partial charge in [-0.1, -0.05) is 13.8 Å². The lowest BCUT2D eigenvalue weighted by Crippen LogP contribution is -2.04. The van der Waals surface area contributed by atoms with E-state index in [4.69, 9.17) is 5.73 Å². The van der Waals surface area contributed by atoms with Crippen LogP contribution in [0.3, 0.4) is 0 Å². The summed E-state index contributed by atoms with van der Waals surface area (Å²) in [5, 5.41) is 0. The van der Waals surface area contributed by atoms with Gasteiger partial charge in [0.15, 0.2) is 0 Å². The molecule has 0 aliphatic rings. The third-order valence-corrected chi connectivity index (χ3v) is 2.51. The molecule has 0 fully saturated rings. The minimum atomic E-state index is -0.323. The van der Waals surface area contributed by atoms with Crippen LogP contribution < -0.4 is 5.73 Å². The second-order valence-electron chi connectivity index (χ2n) is 3.95. The van der Waals surface area contributed by atoms with Crippen LogP contribution in [0.1, 0.15) is 36.5 Å². The van der Waals surface area contributed by atoms with Gasteiger partial charge in [0.2, 0.25) is 0 Å². The maximum atomic E-state index is 13.7. The van der Waals surface area contributed by atoms with Gasteiger partial charge in [-0.2, -0.15) is 0 Å². The molecule has 15 heavy (non-hydrogen) atoms. The number of halogens is 1. The maximum Gasteiger partial charge on any atom is 0.149 e. The van der Waals surface area contributed by atoms with Crippen molar-refractivity contribution in [3.8, 4) is 0 Å². The lowest BCUT2D eigenvalue weighted by Gasteiger charge is -2.14. The molecular weight excluding hydrogens is 191 g/mol.